The maximum absolute atomic E-state index is 13.4. The highest BCUT2D eigenvalue weighted by Gasteiger charge is 2.51. The molecule has 0 radical (unpaired) electrons. The van der Waals surface area contributed by atoms with Gasteiger partial charge >= 0.3 is 12.2 Å². The first-order valence-corrected chi connectivity index (χ1v) is 11.6. The van der Waals surface area contributed by atoms with E-state index in [2.05, 4.69) is 40.4 Å². The number of aromatic nitrogens is 6. The predicted octanol–water partition coefficient (Wildman–Crippen LogP) is 1.10. The van der Waals surface area contributed by atoms with Gasteiger partial charge in [0, 0.05) is 25.0 Å². The van der Waals surface area contributed by atoms with Crippen molar-refractivity contribution < 1.29 is 32.1 Å². The Labute approximate surface area is 223 Å². The first-order chi connectivity index (χ1) is 18.9. The number of urea groups is 1. The molecule has 15 nitrogen and oxygen atoms in total. The van der Waals surface area contributed by atoms with E-state index in [1.165, 1.54) is 42.5 Å². The summed E-state index contributed by atoms with van der Waals surface area (Å²) >= 11 is 0. The summed E-state index contributed by atoms with van der Waals surface area (Å²) in [6.45, 7) is 2.87. The topological polar surface area (TPSA) is 176 Å². The summed E-state index contributed by atoms with van der Waals surface area (Å²) < 4.78 is 43.3. The van der Waals surface area contributed by atoms with Gasteiger partial charge in [0.05, 0.1) is 24.4 Å². The number of aliphatic imine (C=N–C) groups is 1. The number of nitrogens with zero attached hydrogens (tertiary/aromatic N) is 10. The number of carbonyl (C=O) groups excluding carboxylic acids is 3. The van der Waals surface area contributed by atoms with Crippen molar-refractivity contribution in [3.8, 4) is 11.3 Å². The normalized spacial score (nSPS) is 19.7. The van der Waals surface area contributed by atoms with Gasteiger partial charge in [-0.15, -0.1) is 0 Å². The molecule has 2 aliphatic rings. The summed E-state index contributed by atoms with van der Waals surface area (Å²) in [7, 11) is 1.48. The van der Waals surface area contributed by atoms with Gasteiger partial charge < -0.3 is 19.6 Å². The Morgan fingerprint density at radius 1 is 1.15 bits per heavy atom. The molecule has 1 saturated heterocycles. The minimum Gasteiger partial charge on any atom is -0.337 e. The van der Waals surface area contributed by atoms with E-state index in [-0.39, 0.29) is 29.5 Å². The Kier molecular flexibility index (Phi) is 6.60. The predicted molar refractivity (Wildman–Crippen MR) is 127 cm³/mol. The van der Waals surface area contributed by atoms with Crippen LogP contribution < -0.4 is 5.32 Å². The number of likely N-dealkylation sites (N-methyl/N-ethyl adjacent to an activating group) is 1. The lowest BCUT2D eigenvalue weighted by Gasteiger charge is -2.41. The molecule has 0 aliphatic carbocycles. The van der Waals surface area contributed by atoms with E-state index in [9.17, 15) is 27.6 Å². The zero-order valence-corrected chi connectivity index (χ0v) is 21.1. The number of alkyl halides is 3. The minimum atomic E-state index is -4.70. The number of anilines is 1. The average Bonchev–Trinajstić information content (AvgIpc) is 3.55. The summed E-state index contributed by atoms with van der Waals surface area (Å²) in [5, 5.41) is 6.24. The second-order valence-corrected chi connectivity index (χ2v) is 8.87. The second-order valence-electron chi connectivity index (χ2n) is 8.87. The SMILES string of the molecule is Cc1noc(CN2C(=O)C3C(N=CN3[C@@H](C)C(=O)Nc3cncc(-c4cnc(C(F)(F)F)nc4)n3)N(C)C2=O)n1. The number of hydrogen-bond donors (Lipinski definition) is 1. The van der Waals surface area contributed by atoms with E-state index in [4.69, 9.17) is 4.52 Å². The van der Waals surface area contributed by atoms with E-state index >= 15 is 0 Å². The van der Waals surface area contributed by atoms with Crippen LogP contribution in [0.25, 0.3) is 11.3 Å². The minimum absolute atomic E-state index is 0.00223. The number of rotatable bonds is 6. The number of carbonyl (C=O) groups is 3. The summed E-state index contributed by atoms with van der Waals surface area (Å²) in [5.41, 5.74) is 0.271. The van der Waals surface area contributed by atoms with Crippen molar-refractivity contribution in [3.05, 3.63) is 42.3 Å². The van der Waals surface area contributed by atoms with Crippen LogP contribution in [0.4, 0.5) is 23.8 Å². The third-order valence-corrected chi connectivity index (χ3v) is 6.18. The molecule has 1 N–H and O–H groups in total. The monoisotopic (exact) mass is 559 g/mol. The highest BCUT2D eigenvalue weighted by molar-refractivity contribution is 6.03. The van der Waals surface area contributed by atoms with E-state index in [0.29, 0.717) is 5.82 Å². The van der Waals surface area contributed by atoms with Crippen molar-refractivity contribution in [1.82, 2.24) is 44.8 Å². The van der Waals surface area contributed by atoms with Crippen LogP contribution in [-0.2, 0) is 22.3 Å². The molecule has 3 atom stereocenters. The number of fused-ring (bicyclic) bond motifs is 1. The highest BCUT2D eigenvalue weighted by Crippen LogP contribution is 2.29. The van der Waals surface area contributed by atoms with Crippen LogP contribution >= 0.6 is 0 Å². The maximum Gasteiger partial charge on any atom is 0.451 e. The zero-order valence-electron chi connectivity index (χ0n) is 21.1. The summed E-state index contributed by atoms with van der Waals surface area (Å²) in [4.78, 5) is 66.1. The van der Waals surface area contributed by atoms with Crippen LogP contribution in [0.2, 0.25) is 0 Å². The number of hydrogen-bond acceptors (Lipinski definition) is 12. The Morgan fingerprint density at radius 2 is 1.88 bits per heavy atom. The van der Waals surface area contributed by atoms with Gasteiger partial charge in [-0.2, -0.15) is 18.2 Å². The largest absolute Gasteiger partial charge is 0.451 e. The van der Waals surface area contributed by atoms with Crippen molar-refractivity contribution in [2.24, 2.45) is 4.99 Å². The van der Waals surface area contributed by atoms with Gasteiger partial charge in [0.1, 0.15) is 12.6 Å². The van der Waals surface area contributed by atoms with Crippen molar-refractivity contribution in [2.75, 3.05) is 12.4 Å². The Bertz CT molecular complexity index is 1490. The lowest BCUT2D eigenvalue weighted by Crippen LogP contribution is -2.66. The Morgan fingerprint density at radius 3 is 2.52 bits per heavy atom. The van der Waals surface area contributed by atoms with Gasteiger partial charge in [-0.25, -0.2) is 24.7 Å². The molecular weight excluding hydrogens is 539 g/mol. The van der Waals surface area contributed by atoms with Gasteiger partial charge in [0.2, 0.25) is 17.6 Å². The van der Waals surface area contributed by atoms with Gasteiger partial charge in [-0.3, -0.25) is 19.5 Å². The Hall–Kier alpha value is -5.03. The van der Waals surface area contributed by atoms with E-state index in [0.717, 1.165) is 17.3 Å². The van der Waals surface area contributed by atoms with Gasteiger partial charge in [-0.1, -0.05) is 5.16 Å². The van der Waals surface area contributed by atoms with Gasteiger partial charge in [-0.05, 0) is 13.8 Å². The molecule has 0 spiro atoms. The average molecular weight is 559 g/mol. The van der Waals surface area contributed by atoms with Crippen LogP contribution in [0.5, 0.6) is 0 Å². The summed E-state index contributed by atoms with van der Waals surface area (Å²) in [6.07, 6.45) is 0.175. The fourth-order valence-electron chi connectivity index (χ4n) is 4.14. The molecule has 5 rings (SSSR count). The molecule has 4 amide bonds. The van der Waals surface area contributed by atoms with Gasteiger partial charge in [0.15, 0.2) is 23.8 Å². The highest BCUT2D eigenvalue weighted by atomic mass is 19.4. The molecule has 18 heteroatoms. The van der Waals surface area contributed by atoms with Crippen molar-refractivity contribution in [1.29, 1.82) is 0 Å². The van der Waals surface area contributed by atoms with Crippen LogP contribution in [0.15, 0.2) is 34.3 Å². The number of amides is 4. The fourth-order valence-corrected chi connectivity index (χ4v) is 4.14. The molecule has 3 aromatic rings. The van der Waals surface area contributed by atoms with Crippen LogP contribution in [0, 0.1) is 6.92 Å². The van der Waals surface area contributed by atoms with Crippen LogP contribution in [0.3, 0.4) is 0 Å². The third kappa shape index (κ3) is 4.90. The molecule has 2 aliphatic heterocycles. The molecule has 5 heterocycles. The summed E-state index contributed by atoms with van der Waals surface area (Å²) in [5.74, 6) is -2.09. The molecule has 0 saturated carbocycles. The number of nitrogens with one attached hydrogen (secondary N) is 1. The Balaban J connectivity index is 1.30. The molecule has 0 aromatic carbocycles. The van der Waals surface area contributed by atoms with Crippen molar-refractivity contribution in [2.45, 2.75) is 44.8 Å². The first-order valence-electron chi connectivity index (χ1n) is 11.6. The molecule has 3 aromatic heterocycles. The van der Waals surface area contributed by atoms with Crippen molar-refractivity contribution in [3.63, 3.8) is 0 Å². The van der Waals surface area contributed by atoms with E-state index < -0.39 is 48.1 Å². The van der Waals surface area contributed by atoms with Crippen molar-refractivity contribution >= 4 is 30.0 Å². The summed E-state index contributed by atoms with van der Waals surface area (Å²) in [6, 6.07) is -2.58. The zero-order chi connectivity index (χ0) is 28.8. The molecule has 40 heavy (non-hydrogen) atoms. The van der Waals surface area contributed by atoms with Gasteiger partial charge in [0.25, 0.3) is 5.91 Å². The standard InChI is InChI=1S/C22H20F3N11O4/c1-10(18(37)32-14-7-26-6-13(31-14)12-4-27-20(28-5-12)22(23,24)25)36-9-29-17-16(36)19(38)35(21(39)34(17)3)8-15-30-11(2)33-40-15/h4-7,9-10,16-17H,8H2,1-3H3,(H,31,32,37)/t10-,16?,17?/m0/s1. The molecular formula is C22H20F3N11O4. The number of aryl methyl sites for hydroxylation is 1. The maximum atomic E-state index is 13.4. The lowest BCUT2D eigenvalue weighted by atomic mass is 10.1. The lowest BCUT2D eigenvalue weighted by molar-refractivity contribution is -0.145. The third-order valence-electron chi connectivity index (χ3n) is 6.18. The van der Waals surface area contributed by atoms with Crippen LogP contribution in [-0.4, -0.2) is 94.3 Å². The molecule has 1 fully saturated rings. The molecule has 208 valence electrons. The second kappa shape index (κ2) is 9.93. The number of imide groups is 1. The van der Waals surface area contributed by atoms with Crippen LogP contribution in [0.1, 0.15) is 24.5 Å². The quantitative estimate of drug-likeness (QED) is 0.458. The molecule has 2 unspecified atom stereocenters. The van der Waals surface area contributed by atoms with E-state index in [1.54, 1.807) is 6.92 Å². The van der Waals surface area contributed by atoms with E-state index in [1.807, 2.05) is 0 Å². The molecule has 0 bridgehead atoms. The number of halogens is 3. The fraction of sp³-hybridized carbons (Fsp3) is 0.364. The first kappa shape index (κ1) is 26.6. The smallest absolute Gasteiger partial charge is 0.337 e.